The summed E-state index contributed by atoms with van der Waals surface area (Å²) in [5.41, 5.74) is 18.6. The Hall–Kier alpha value is -15.4. The first-order valence-corrected chi connectivity index (χ1v) is 34.1. The number of allylic oxidation sites excluding steroid dienone is 4. The molecule has 0 N–H and O–H groups in total. The van der Waals surface area contributed by atoms with Crippen LogP contribution in [-0.2, 0) is 0 Å². The summed E-state index contributed by atoms with van der Waals surface area (Å²) < 4.78 is 5.19. The van der Waals surface area contributed by atoms with Crippen LogP contribution in [0.25, 0.3) is 108 Å². The van der Waals surface area contributed by atoms with Gasteiger partial charge in [0.15, 0.2) is 0 Å². The van der Waals surface area contributed by atoms with Crippen molar-refractivity contribution < 1.29 is 4.74 Å². The van der Waals surface area contributed by atoms with Gasteiger partial charge in [-0.2, -0.15) is 0 Å². The molecule has 14 rings (SSSR count). The highest BCUT2D eigenvalue weighted by Crippen LogP contribution is 2.37. The first-order chi connectivity index (χ1) is 52.6. The van der Waals surface area contributed by atoms with Crippen LogP contribution in [-0.4, -0.2) is 7.11 Å². The lowest BCUT2D eigenvalue weighted by Crippen LogP contribution is -1.93. The molecule has 0 aliphatic rings. The molecule has 0 saturated carbocycles. The van der Waals surface area contributed by atoms with Crippen LogP contribution >= 0.6 is 11.6 Å². The first kappa shape index (κ1) is 72.8. The second kappa shape index (κ2) is 36.3. The van der Waals surface area contributed by atoms with E-state index in [2.05, 4.69) is 74.0 Å². The summed E-state index contributed by atoms with van der Waals surface area (Å²) in [5.74, 6) is 0.730. The van der Waals surface area contributed by atoms with Crippen molar-refractivity contribution in [1.82, 2.24) is 0 Å². The number of rotatable bonds is 13. The predicted molar refractivity (Wildman–Crippen MR) is 433 cm³/mol. The Morgan fingerprint density at radius 1 is 0.271 bits per heavy atom. The fraction of sp³-hybridized carbons (Fsp3) is 0.0103. The summed E-state index contributed by atoms with van der Waals surface area (Å²) in [6.07, 6.45) is 0. The number of fused-ring (bicyclic) bond motifs is 2. The minimum Gasteiger partial charge on any atom is -0.497 e. The molecule has 0 aliphatic carbocycles. The van der Waals surface area contributed by atoms with Crippen LogP contribution in [0.3, 0.4) is 0 Å². The second-order valence-corrected chi connectivity index (χ2v) is 24.3. The van der Waals surface area contributed by atoms with E-state index < -0.39 is 0 Å². The molecule has 0 heterocycles. The molecule has 502 valence electrons. The summed E-state index contributed by atoms with van der Waals surface area (Å²) in [5, 5.41) is 42.9. The highest BCUT2D eigenvalue weighted by Gasteiger charge is 2.19. The fourth-order valence-corrected chi connectivity index (χ4v) is 12.4. The molecule has 14 aromatic rings. The van der Waals surface area contributed by atoms with E-state index in [1.165, 1.54) is 0 Å². The summed E-state index contributed by atoms with van der Waals surface area (Å²) >= 11 is 5.96. The van der Waals surface area contributed by atoms with Crippen molar-refractivity contribution in [1.29, 1.82) is 21.0 Å². The third-order valence-corrected chi connectivity index (χ3v) is 17.8. The van der Waals surface area contributed by atoms with Crippen molar-refractivity contribution >= 4 is 55.4 Å². The monoisotopic (exact) mass is 1390 g/mol. The molecule has 10 heteroatoms. The molecule has 0 saturated heterocycles. The van der Waals surface area contributed by atoms with Gasteiger partial charge >= 0.3 is 0 Å². The van der Waals surface area contributed by atoms with Crippen LogP contribution in [0.5, 0.6) is 5.75 Å². The Kier molecular flexibility index (Phi) is 24.7. The van der Waals surface area contributed by atoms with Gasteiger partial charge in [0.2, 0.25) is 0 Å². The third kappa shape index (κ3) is 17.8. The van der Waals surface area contributed by atoms with Gasteiger partial charge in [0.1, 0.15) is 5.75 Å². The first-order valence-electron chi connectivity index (χ1n) is 33.7. The van der Waals surface area contributed by atoms with Gasteiger partial charge in [-0.25, -0.2) is 40.4 Å². The average molecular weight is 1390 g/mol. The predicted octanol–water partition coefficient (Wildman–Crippen LogP) is 25.2. The quantitative estimate of drug-likeness (QED) is 0.0841. The smallest absolute Gasteiger partial charge is 0.270 e. The van der Waals surface area contributed by atoms with Crippen LogP contribution in [0.2, 0.25) is 5.02 Å². The molecular weight excluding hydrogens is 1330 g/mol. The number of nitriles is 4. The lowest BCUT2D eigenvalue weighted by molar-refractivity contribution is 0.415. The van der Waals surface area contributed by atoms with Gasteiger partial charge in [0.05, 0.1) is 57.7 Å². The van der Waals surface area contributed by atoms with E-state index in [4.69, 9.17) is 42.6 Å². The van der Waals surface area contributed by atoms with Gasteiger partial charge in [0, 0.05) is 27.3 Å². The SMILES string of the molecule is [C-]#[N+]/C(C#N)=C(/c1ccc(-c2ccccc2)cc1)c1ccc2ccccc2c1.[C-]#[N+]/C(C#N)=C(/c1ccc(-c2ccccc2)cc1)c1cccc2ccccc12.[C-]#[N+]/C(C#N)=C(\c1ccc(Cl)cc1)c1ccc(-c2ccccc2)cc1.[C-]#[N+]/C(C#N)=C(\c1ccc(OC)cc1)c1ccc(-c2ccccc2)cc1. The highest BCUT2D eigenvalue weighted by molar-refractivity contribution is 6.30. The molecule has 9 nitrogen and oxygen atoms in total. The summed E-state index contributed by atoms with van der Waals surface area (Å²) in [6, 6.07) is 123. The second-order valence-electron chi connectivity index (χ2n) is 23.9. The van der Waals surface area contributed by atoms with Crippen molar-refractivity contribution in [2.24, 2.45) is 0 Å². The van der Waals surface area contributed by atoms with Crippen molar-refractivity contribution in [3.63, 3.8) is 0 Å². The molecule has 0 amide bonds. The average Bonchev–Trinajstić information content (AvgIpc) is 0.829. The topological polar surface area (TPSA) is 122 Å². The number of nitrogens with zero attached hydrogens (tertiary/aromatic N) is 8. The molecule has 0 atom stereocenters. The summed E-state index contributed by atoms with van der Waals surface area (Å²) in [6.45, 7) is 29.7. The van der Waals surface area contributed by atoms with Crippen LogP contribution in [0.15, 0.2) is 375 Å². The maximum atomic E-state index is 9.60. The van der Waals surface area contributed by atoms with Crippen LogP contribution < -0.4 is 4.74 Å². The molecule has 0 radical (unpaired) electrons. The lowest BCUT2D eigenvalue weighted by Gasteiger charge is -2.13. The Morgan fingerprint density at radius 2 is 0.542 bits per heavy atom. The van der Waals surface area contributed by atoms with E-state index in [1.54, 1.807) is 19.2 Å². The fourth-order valence-electron chi connectivity index (χ4n) is 12.3. The number of benzene rings is 14. The molecule has 0 aliphatic heterocycles. The van der Waals surface area contributed by atoms with Crippen LogP contribution in [0, 0.1) is 71.6 Å². The Bertz CT molecular complexity index is 5920. The van der Waals surface area contributed by atoms with E-state index in [0.29, 0.717) is 27.3 Å². The number of hydrogen-bond donors (Lipinski definition) is 0. The van der Waals surface area contributed by atoms with Gasteiger partial charge in [0.25, 0.3) is 22.8 Å². The maximum Gasteiger partial charge on any atom is 0.270 e. The zero-order valence-electron chi connectivity index (χ0n) is 57.9. The number of ether oxygens (including phenoxy) is 1. The third-order valence-electron chi connectivity index (χ3n) is 17.5. The van der Waals surface area contributed by atoms with Crippen molar-refractivity contribution in [3.05, 3.63) is 470 Å². The van der Waals surface area contributed by atoms with Gasteiger partial charge in [-0.1, -0.05) is 333 Å². The largest absolute Gasteiger partial charge is 0.497 e. The zero-order valence-corrected chi connectivity index (χ0v) is 58.6. The highest BCUT2D eigenvalue weighted by atomic mass is 35.5. The Labute approximate surface area is 628 Å². The van der Waals surface area contributed by atoms with Crippen LogP contribution in [0.1, 0.15) is 44.5 Å². The summed E-state index contributed by atoms with van der Waals surface area (Å²) in [4.78, 5) is 13.8. The lowest BCUT2D eigenvalue weighted by atomic mass is 9.91. The molecule has 0 fully saturated rings. The number of hydrogen-bond acceptors (Lipinski definition) is 5. The summed E-state index contributed by atoms with van der Waals surface area (Å²) in [7, 11) is 1.61. The van der Waals surface area contributed by atoms with Crippen molar-refractivity contribution in [3.8, 4) is 74.5 Å². The number of methoxy groups -OCH3 is 1. The molecule has 107 heavy (non-hydrogen) atoms. The molecule has 0 unspecified atom stereocenters. The van der Waals surface area contributed by atoms with E-state index in [0.717, 1.165) is 116 Å². The Balaban J connectivity index is 0.000000142. The molecule has 14 aromatic carbocycles. The Morgan fingerprint density at radius 3 is 0.897 bits per heavy atom. The molecule has 0 aromatic heterocycles. The van der Waals surface area contributed by atoms with E-state index in [-0.39, 0.29) is 22.8 Å². The zero-order chi connectivity index (χ0) is 74.7. The molecule has 0 bridgehead atoms. The molecular formula is C97H61ClN8O. The van der Waals surface area contributed by atoms with E-state index >= 15 is 0 Å². The van der Waals surface area contributed by atoms with Gasteiger partial charge < -0.3 is 4.74 Å². The standard InChI is InChI=1S/2C26H16N2.C23H16N2O.C22H13ClN2/c1-28-25(18-27)26(24-13-7-11-21-10-5-6-12-23(21)24)22-16-14-20(15-17-22)19-8-3-2-4-9-19;1-28-25(18-27)26(24-16-13-20-9-5-6-10-23(20)17-24)22-14-11-21(12-15-22)19-7-3-2-4-8-19;1-25-22(16-24)23(20-12-14-21(26-2)15-13-20)19-10-8-18(9-11-19)17-6-4-3-5-7-17;1-25-21(15-24)22(19-11-13-20(23)14-12-19)18-9-7-17(8-10-18)16-5-3-2-4-6-16/h2*2-17H;3-15H,2H3;2-14H/b2*26-25-;23-22-;22-21-. The minimum atomic E-state index is 0.0646. The van der Waals surface area contributed by atoms with Crippen molar-refractivity contribution in [2.45, 2.75) is 0 Å². The number of halogens is 1. The van der Waals surface area contributed by atoms with Gasteiger partial charge in [-0.15, -0.1) is 0 Å². The van der Waals surface area contributed by atoms with E-state index in [9.17, 15) is 21.0 Å². The van der Waals surface area contributed by atoms with Crippen molar-refractivity contribution in [2.75, 3.05) is 7.11 Å². The van der Waals surface area contributed by atoms with E-state index in [1.807, 2.05) is 309 Å². The van der Waals surface area contributed by atoms with Crippen LogP contribution in [0.4, 0.5) is 0 Å². The molecule has 0 spiro atoms. The minimum absolute atomic E-state index is 0.0646. The van der Waals surface area contributed by atoms with Gasteiger partial charge in [-0.3, -0.25) is 0 Å². The maximum absolute atomic E-state index is 9.60. The van der Waals surface area contributed by atoms with Gasteiger partial charge in [-0.05, 0) is 141 Å². The normalized spacial score (nSPS) is 11.2.